The highest BCUT2D eigenvalue weighted by atomic mass is 16.5. The molecule has 6 N–H and O–H groups in total. The zero-order chi connectivity index (χ0) is 20.2. The zero-order valence-corrected chi connectivity index (χ0v) is 16.2. The Morgan fingerprint density at radius 1 is 0.586 bits per heavy atom. The molecule has 0 bridgehead atoms. The van der Waals surface area contributed by atoms with Crippen LogP contribution in [-0.2, 0) is 0 Å². The SMILES string of the molecule is C.N=C(N)c1ccc(OCCCCCCCCOc2ccc(C(=N)N)cc2)cc1. The molecule has 0 aromatic heterocycles. The van der Waals surface area contributed by atoms with Gasteiger partial charge >= 0.3 is 0 Å². The van der Waals surface area contributed by atoms with E-state index in [-0.39, 0.29) is 19.1 Å². The molecule has 0 aliphatic carbocycles. The molecule has 6 heteroatoms. The summed E-state index contributed by atoms with van der Waals surface area (Å²) in [6.07, 6.45) is 6.76. The van der Waals surface area contributed by atoms with Gasteiger partial charge in [-0.1, -0.05) is 33.1 Å². The number of ether oxygens (including phenoxy) is 2. The Kier molecular flexibility index (Phi) is 10.9. The monoisotopic (exact) mass is 398 g/mol. The molecule has 2 aromatic carbocycles. The second-order valence-electron chi connectivity index (χ2n) is 6.69. The van der Waals surface area contributed by atoms with Gasteiger partial charge in [-0.3, -0.25) is 10.8 Å². The molecule has 0 heterocycles. The predicted octanol–water partition coefficient (Wildman–Crippen LogP) is 4.69. The molecule has 0 spiro atoms. The molecule has 0 aliphatic rings. The lowest BCUT2D eigenvalue weighted by atomic mass is 10.1. The van der Waals surface area contributed by atoms with Crippen molar-refractivity contribution in [1.82, 2.24) is 0 Å². The van der Waals surface area contributed by atoms with E-state index in [4.69, 9.17) is 31.8 Å². The van der Waals surface area contributed by atoms with E-state index in [0.29, 0.717) is 24.3 Å². The van der Waals surface area contributed by atoms with E-state index in [2.05, 4.69) is 0 Å². The summed E-state index contributed by atoms with van der Waals surface area (Å²) in [6, 6.07) is 14.6. The van der Waals surface area contributed by atoms with E-state index in [1.807, 2.05) is 24.3 Å². The highest BCUT2D eigenvalue weighted by Gasteiger charge is 1.99. The molecule has 0 amide bonds. The lowest BCUT2D eigenvalue weighted by Crippen LogP contribution is -2.10. The number of hydrogen-bond acceptors (Lipinski definition) is 4. The third kappa shape index (κ3) is 9.14. The average molecular weight is 399 g/mol. The standard InChI is InChI=1S/C22H30N4O2.CH4/c23-21(24)17-7-11-19(12-8-17)27-15-5-3-1-2-4-6-16-28-20-13-9-18(10-14-20)22(25)26;/h7-14H,1-6,15-16H2,(H3,23,24)(H3,25,26);1H4. The van der Waals surface area contributed by atoms with E-state index in [0.717, 1.165) is 37.2 Å². The van der Waals surface area contributed by atoms with Crippen LogP contribution >= 0.6 is 0 Å². The van der Waals surface area contributed by atoms with E-state index >= 15 is 0 Å². The molecule has 0 saturated carbocycles. The Labute approximate surface area is 174 Å². The fourth-order valence-electron chi connectivity index (χ4n) is 2.75. The van der Waals surface area contributed by atoms with Crippen LogP contribution in [0.2, 0.25) is 0 Å². The van der Waals surface area contributed by atoms with Crippen molar-refractivity contribution in [3.63, 3.8) is 0 Å². The Bertz CT molecular complexity index is 677. The summed E-state index contributed by atoms with van der Waals surface area (Å²) in [6.45, 7) is 1.41. The Balaban J connectivity index is 0.00000420. The maximum atomic E-state index is 7.36. The normalized spacial score (nSPS) is 10.1. The van der Waals surface area contributed by atoms with Crippen molar-refractivity contribution in [2.45, 2.75) is 46.0 Å². The van der Waals surface area contributed by atoms with Gasteiger partial charge < -0.3 is 20.9 Å². The van der Waals surface area contributed by atoms with Gasteiger partial charge in [-0.15, -0.1) is 0 Å². The molecule has 0 atom stereocenters. The Morgan fingerprint density at radius 2 is 0.897 bits per heavy atom. The highest BCUT2D eigenvalue weighted by Crippen LogP contribution is 2.14. The number of benzene rings is 2. The second-order valence-corrected chi connectivity index (χ2v) is 6.69. The van der Waals surface area contributed by atoms with Gasteiger partial charge in [0.25, 0.3) is 0 Å². The Morgan fingerprint density at radius 3 is 1.21 bits per heavy atom. The quantitative estimate of drug-likeness (QED) is 0.222. The molecule has 158 valence electrons. The first-order chi connectivity index (χ1) is 13.6. The lowest BCUT2D eigenvalue weighted by molar-refractivity contribution is 0.297. The van der Waals surface area contributed by atoms with E-state index in [1.54, 1.807) is 24.3 Å². The number of nitrogen functional groups attached to an aromatic ring is 2. The molecule has 0 saturated heterocycles. The molecule has 0 fully saturated rings. The zero-order valence-electron chi connectivity index (χ0n) is 16.2. The third-order valence-corrected chi connectivity index (χ3v) is 4.41. The molecule has 29 heavy (non-hydrogen) atoms. The van der Waals surface area contributed by atoms with Gasteiger partial charge in [0.05, 0.1) is 13.2 Å². The molecule has 0 aliphatic heterocycles. The minimum Gasteiger partial charge on any atom is -0.494 e. The van der Waals surface area contributed by atoms with Crippen molar-refractivity contribution in [3.8, 4) is 11.5 Å². The van der Waals surface area contributed by atoms with Crippen molar-refractivity contribution in [2.75, 3.05) is 13.2 Å². The highest BCUT2D eigenvalue weighted by molar-refractivity contribution is 5.95. The molecule has 6 nitrogen and oxygen atoms in total. The second kappa shape index (κ2) is 13.2. The first-order valence-electron chi connectivity index (χ1n) is 9.71. The first kappa shape index (κ1) is 24.0. The van der Waals surface area contributed by atoms with Crippen molar-refractivity contribution >= 4 is 11.7 Å². The van der Waals surface area contributed by atoms with Crippen molar-refractivity contribution in [1.29, 1.82) is 10.8 Å². The predicted molar refractivity (Wildman–Crippen MR) is 120 cm³/mol. The van der Waals surface area contributed by atoms with E-state index in [1.165, 1.54) is 12.8 Å². The van der Waals surface area contributed by atoms with Gasteiger partial charge in [0, 0.05) is 11.1 Å². The molecule has 2 rings (SSSR count). The maximum Gasteiger partial charge on any atom is 0.122 e. The van der Waals surface area contributed by atoms with Crippen molar-refractivity contribution in [3.05, 3.63) is 59.7 Å². The summed E-state index contributed by atoms with van der Waals surface area (Å²) >= 11 is 0. The molecule has 0 unspecified atom stereocenters. The number of rotatable bonds is 13. The van der Waals surface area contributed by atoms with Gasteiger partial charge in [0.2, 0.25) is 0 Å². The number of nitrogens with two attached hydrogens (primary N) is 2. The summed E-state index contributed by atoms with van der Waals surface area (Å²) in [7, 11) is 0. The van der Waals surface area contributed by atoms with Gasteiger partial charge in [-0.2, -0.15) is 0 Å². The summed E-state index contributed by atoms with van der Waals surface area (Å²) in [5.74, 6) is 1.78. The number of nitrogens with one attached hydrogen (secondary N) is 2. The summed E-state index contributed by atoms with van der Waals surface area (Å²) < 4.78 is 11.4. The van der Waals surface area contributed by atoms with Crippen LogP contribution in [0.3, 0.4) is 0 Å². The number of amidine groups is 2. The Hall–Kier alpha value is -3.02. The van der Waals surface area contributed by atoms with Gasteiger partial charge in [-0.05, 0) is 61.4 Å². The van der Waals surface area contributed by atoms with Crippen LogP contribution in [0, 0.1) is 10.8 Å². The largest absolute Gasteiger partial charge is 0.494 e. The smallest absolute Gasteiger partial charge is 0.122 e. The summed E-state index contributed by atoms with van der Waals surface area (Å²) in [5, 5.41) is 14.7. The van der Waals surface area contributed by atoms with Crippen LogP contribution in [0.15, 0.2) is 48.5 Å². The van der Waals surface area contributed by atoms with Crippen molar-refractivity contribution < 1.29 is 9.47 Å². The molecule has 2 aromatic rings. The van der Waals surface area contributed by atoms with Crippen LogP contribution in [0.1, 0.15) is 57.1 Å². The summed E-state index contributed by atoms with van der Waals surface area (Å²) in [5.41, 5.74) is 12.3. The average Bonchev–Trinajstić information content (AvgIpc) is 2.70. The fourth-order valence-corrected chi connectivity index (χ4v) is 2.75. The topological polar surface area (TPSA) is 118 Å². The van der Waals surface area contributed by atoms with E-state index in [9.17, 15) is 0 Å². The number of unbranched alkanes of at least 4 members (excludes halogenated alkanes) is 5. The molecule has 0 radical (unpaired) electrons. The maximum absolute atomic E-state index is 7.36. The minimum absolute atomic E-state index is 0. The summed E-state index contributed by atoms with van der Waals surface area (Å²) in [4.78, 5) is 0. The van der Waals surface area contributed by atoms with Crippen LogP contribution in [0.4, 0.5) is 0 Å². The lowest BCUT2D eigenvalue weighted by Gasteiger charge is -2.08. The molecular weight excluding hydrogens is 364 g/mol. The van der Waals surface area contributed by atoms with Gasteiger partial charge in [0.15, 0.2) is 0 Å². The van der Waals surface area contributed by atoms with Gasteiger partial charge in [-0.25, -0.2) is 0 Å². The van der Waals surface area contributed by atoms with Gasteiger partial charge in [0.1, 0.15) is 23.2 Å². The third-order valence-electron chi connectivity index (χ3n) is 4.41. The minimum atomic E-state index is 0. The van der Waals surface area contributed by atoms with Crippen LogP contribution in [0.5, 0.6) is 11.5 Å². The van der Waals surface area contributed by atoms with E-state index < -0.39 is 0 Å². The molecular formula is C23H34N4O2. The number of hydrogen-bond donors (Lipinski definition) is 4. The fraction of sp³-hybridized carbons (Fsp3) is 0.391. The van der Waals surface area contributed by atoms with Crippen LogP contribution in [0.25, 0.3) is 0 Å². The van der Waals surface area contributed by atoms with Crippen molar-refractivity contribution in [2.24, 2.45) is 11.5 Å². The first-order valence-corrected chi connectivity index (χ1v) is 9.71. The van der Waals surface area contributed by atoms with Crippen LogP contribution < -0.4 is 20.9 Å². The van der Waals surface area contributed by atoms with Crippen LogP contribution in [-0.4, -0.2) is 24.9 Å².